The normalized spacial score (nSPS) is 12.5. The van der Waals surface area contributed by atoms with E-state index in [0.29, 0.717) is 0 Å². The standard InChI is InChI=1S/C30H25N/c1-18-15-20-9-10-21-16-23(30(2,3)4)17-22-11-12-25(28(20)27(21)22)26(18)29-24-8-6-5-7-19(24)13-14-31-29/h5-17H,1-4H3. The van der Waals surface area contributed by atoms with Gasteiger partial charge in [0.2, 0.25) is 0 Å². The highest BCUT2D eigenvalue weighted by Crippen LogP contribution is 2.43. The van der Waals surface area contributed by atoms with Crippen LogP contribution < -0.4 is 0 Å². The molecule has 0 bridgehead atoms. The molecule has 1 aromatic heterocycles. The molecule has 0 unspecified atom stereocenters. The lowest BCUT2D eigenvalue weighted by molar-refractivity contribution is 0.591. The molecule has 0 aliphatic heterocycles. The molecular weight excluding hydrogens is 374 g/mol. The molecule has 0 aliphatic carbocycles. The third-order valence-corrected chi connectivity index (χ3v) is 6.69. The van der Waals surface area contributed by atoms with Crippen LogP contribution in [0.5, 0.6) is 0 Å². The van der Waals surface area contributed by atoms with Gasteiger partial charge >= 0.3 is 0 Å². The van der Waals surface area contributed by atoms with Gasteiger partial charge in [-0.3, -0.25) is 4.98 Å². The van der Waals surface area contributed by atoms with Gasteiger partial charge in [-0.25, -0.2) is 0 Å². The van der Waals surface area contributed by atoms with Crippen LogP contribution in [0.3, 0.4) is 0 Å². The number of aryl methyl sites for hydroxylation is 1. The number of nitrogens with zero attached hydrogens (tertiary/aromatic N) is 1. The van der Waals surface area contributed by atoms with Gasteiger partial charge in [-0.15, -0.1) is 0 Å². The molecule has 6 aromatic rings. The zero-order valence-corrected chi connectivity index (χ0v) is 18.5. The number of hydrogen-bond acceptors (Lipinski definition) is 1. The van der Waals surface area contributed by atoms with Crippen molar-refractivity contribution in [2.45, 2.75) is 33.1 Å². The van der Waals surface area contributed by atoms with Crippen molar-refractivity contribution in [2.75, 3.05) is 0 Å². The lowest BCUT2D eigenvalue weighted by Crippen LogP contribution is -2.10. The fourth-order valence-corrected chi connectivity index (χ4v) is 5.11. The molecule has 0 saturated heterocycles. The van der Waals surface area contributed by atoms with E-state index >= 15 is 0 Å². The maximum absolute atomic E-state index is 4.87. The maximum atomic E-state index is 4.87. The van der Waals surface area contributed by atoms with Gasteiger partial charge in [0, 0.05) is 17.1 Å². The molecule has 1 heterocycles. The van der Waals surface area contributed by atoms with Crippen molar-refractivity contribution in [3.63, 3.8) is 0 Å². The first kappa shape index (κ1) is 18.3. The lowest BCUT2D eigenvalue weighted by Gasteiger charge is -2.22. The van der Waals surface area contributed by atoms with Crippen LogP contribution in [0.1, 0.15) is 31.9 Å². The Hall–Kier alpha value is -3.45. The summed E-state index contributed by atoms with van der Waals surface area (Å²) in [6.45, 7) is 9.07. The highest BCUT2D eigenvalue weighted by Gasteiger charge is 2.19. The summed E-state index contributed by atoms with van der Waals surface area (Å²) in [6, 6.07) is 26.9. The number of rotatable bonds is 1. The molecule has 0 saturated carbocycles. The van der Waals surface area contributed by atoms with E-state index in [2.05, 4.69) is 100 Å². The summed E-state index contributed by atoms with van der Waals surface area (Å²) >= 11 is 0. The van der Waals surface area contributed by atoms with E-state index in [0.717, 1.165) is 5.69 Å². The number of aromatic nitrogens is 1. The van der Waals surface area contributed by atoms with E-state index in [4.69, 9.17) is 4.98 Å². The van der Waals surface area contributed by atoms with Crippen molar-refractivity contribution in [1.29, 1.82) is 0 Å². The zero-order chi connectivity index (χ0) is 21.3. The van der Waals surface area contributed by atoms with Crippen molar-refractivity contribution in [1.82, 2.24) is 4.98 Å². The molecule has 150 valence electrons. The molecule has 0 atom stereocenters. The molecule has 0 radical (unpaired) electrons. The minimum atomic E-state index is 0.124. The average molecular weight is 400 g/mol. The van der Waals surface area contributed by atoms with Gasteiger partial charge in [-0.1, -0.05) is 87.5 Å². The second-order valence-corrected chi connectivity index (χ2v) is 9.77. The van der Waals surface area contributed by atoms with Crippen LogP contribution in [-0.4, -0.2) is 4.98 Å². The Balaban J connectivity index is 1.78. The van der Waals surface area contributed by atoms with E-state index in [9.17, 15) is 0 Å². The summed E-state index contributed by atoms with van der Waals surface area (Å²) in [7, 11) is 0. The Bertz CT molecular complexity index is 1590. The minimum absolute atomic E-state index is 0.124. The molecule has 0 spiro atoms. The molecule has 1 heteroatoms. The number of pyridine rings is 1. The van der Waals surface area contributed by atoms with Crippen molar-refractivity contribution in [2.24, 2.45) is 0 Å². The largest absolute Gasteiger partial charge is 0.256 e. The van der Waals surface area contributed by atoms with Crippen LogP contribution in [-0.2, 0) is 5.41 Å². The second kappa shape index (κ2) is 6.28. The van der Waals surface area contributed by atoms with Gasteiger partial charge in [-0.05, 0) is 67.2 Å². The van der Waals surface area contributed by atoms with Gasteiger partial charge in [0.05, 0.1) is 5.69 Å². The Labute approximate surface area is 182 Å². The van der Waals surface area contributed by atoms with E-state index in [1.54, 1.807) is 0 Å². The van der Waals surface area contributed by atoms with Crippen molar-refractivity contribution in [3.8, 4) is 11.3 Å². The summed E-state index contributed by atoms with van der Waals surface area (Å²) in [5.74, 6) is 0. The van der Waals surface area contributed by atoms with E-state index in [-0.39, 0.29) is 5.41 Å². The topological polar surface area (TPSA) is 12.9 Å². The van der Waals surface area contributed by atoms with Gasteiger partial charge in [0.25, 0.3) is 0 Å². The molecule has 5 aromatic carbocycles. The van der Waals surface area contributed by atoms with Crippen molar-refractivity contribution in [3.05, 3.63) is 90.1 Å². The molecule has 6 rings (SSSR count). The van der Waals surface area contributed by atoms with Crippen molar-refractivity contribution >= 4 is 43.1 Å². The SMILES string of the molecule is Cc1cc2ccc3cc(C(C)(C)C)cc4ccc(c1-c1nccc5ccccc15)c2c34. The van der Waals surface area contributed by atoms with E-state index in [1.165, 1.54) is 59.8 Å². The third kappa shape index (κ3) is 2.66. The van der Waals surface area contributed by atoms with E-state index < -0.39 is 0 Å². The Morgan fingerprint density at radius 3 is 2.06 bits per heavy atom. The Kier molecular flexibility index (Phi) is 3.71. The van der Waals surface area contributed by atoms with Crippen LogP contribution in [0, 0.1) is 6.92 Å². The lowest BCUT2D eigenvalue weighted by atomic mass is 9.82. The summed E-state index contributed by atoms with van der Waals surface area (Å²) in [5, 5.41) is 10.4. The molecule has 0 amide bonds. The molecule has 1 nitrogen and oxygen atoms in total. The maximum Gasteiger partial charge on any atom is 0.0789 e. The third-order valence-electron chi connectivity index (χ3n) is 6.69. The molecule has 0 fully saturated rings. The molecule has 0 aliphatic rings. The van der Waals surface area contributed by atoms with E-state index in [1.807, 2.05) is 6.20 Å². The average Bonchev–Trinajstić information content (AvgIpc) is 2.76. The Morgan fingerprint density at radius 2 is 1.32 bits per heavy atom. The fourth-order valence-electron chi connectivity index (χ4n) is 5.11. The molecule has 31 heavy (non-hydrogen) atoms. The zero-order valence-electron chi connectivity index (χ0n) is 18.5. The second-order valence-electron chi connectivity index (χ2n) is 9.77. The number of hydrogen-bond donors (Lipinski definition) is 0. The summed E-state index contributed by atoms with van der Waals surface area (Å²) in [6.07, 6.45) is 1.94. The van der Waals surface area contributed by atoms with Gasteiger partial charge in [-0.2, -0.15) is 0 Å². The molecule has 0 N–H and O–H groups in total. The van der Waals surface area contributed by atoms with Crippen LogP contribution in [0.25, 0.3) is 54.3 Å². The summed E-state index contributed by atoms with van der Waals surface area (Å²) in [4.78, 5) is 4.87. The number of fused-ring (bicyclic) bond motifs is 1. The van der Waals surface area contributed by atoms with Gasteiger partial charge in [0.1, 0.15) is 0 Å². The van der Waals surface area contributed by atoms with Crippen LogP contribution in [0.4, 0.5) is 0 Å². The Morgan fingerprint density at radius 1 is 0.645 bits per heavy atom. The minimum Gasteiger partial charge on any atom is -0.256 e. The first-order valence-corrected chi connectivity index (χ1v) is 11.0. The van der Waals surface area contributed by atoms with Crippen molar-refractivity contribution < 1.29 is 0 Å². The smallest absolute Gasteiger partial charge is 0.0789 e. The summed E-state index contributed by atoms with van der Waals surface area (Å²) < 4.78 is 0. The predicted octanol–water partition coefficient (Wildman–Crippen LogP) is 8.41. The van der Waals surface area contributed by atoms with Crippen LogP contribution in [0.15, 0.2) is 79.0 Å². The quantitative estimate of drug-likeness (QED) is 0.253. The highest BCUT2D eigenvalue weighted by atomic mass is 14.7. The monoisotopic (exact) mass is 399 g/mol. The van der Waals surface area contributed by atoms with Gasteiger partial charge in [0.15, 0.2) is 0 Å². The number of benzene rings is 5. The van der Waals surface area contributed by atoms with Crippen LogP contribution >= 0.6 is 0 Å². The first-order valence-electron chi connectivity index (χ1n) is 11.0. The highest BCUT2D eigenvalue weighted by molar-refractivity contribution is 6.26. The summed E-state index contributed by atoms with van der Waals surface area (Å²) in [5.41, 5.74) is 5.09. The van der Waals surface area contributed by atoms with Gasteiger partial charge < -0.3 is 0 Å². The first-order chi connectivity index (χ1) is 14.9. The molecular formula is C30H25N. The fraction of sp³-hybridized carbons (Fsp3) is 0.167. The van der Waals surface area contributed by atoms with Crippen LogP contribution in [0.2, 0.25) is 0 Å². The predicted molar refractivity (Wildman–Crippen MR) is 134 cm³/mol.